The van der Waals surface area contributed by atoms with Crippen molar-refractivity contribution in [3.05, 3.63) is 46.1 Å². The largest absolute Gasteiger partial charge is 0.455 e. The van der Waals surface area contributed by atoms with Gasteiger partial charge in [0.1, 0.15) is 5.76 Å². The van der Waals surface area contributed by atoms with E-state index in [9.17, 15) is 9.59 Å². The van der Waals surface area contributed by atoms with Gasteiger partial charge in [-0.25, -0.2) is 0 Å². The Morgan fingerprint density at radius 3 is 2.81 bits per heavy atom. The Morgan fingerprint density at radius 1 is 1.38 bits per heavy atom. The molecule has 0 spiro atoms. The highest BCUT2D eigenvalue weighted by atomic mass is 79.9. The standard InChI is InChI=1S/C14H13BrN2O4/c1-9-6-12(17-21-9)16-13(18)8-20-14(19)7-10-4-2-3-5-11(10)15/h2-6H,7-8H2,1H3,(H,16,17,18). The normalized spacial score (nSPS) is 10.2. The molecule has 0 aliphatic rings. The molecule has 6 nitrogen and oxygen atoms in total. The van der Waals surface area contributed by atoms with Crippen molar-refractivity contribution in [3.8, 4) is 0 Å². The van der Waals surface area contributed by atoms with Crippen molar-refractivity contribution in [3.63, 3.8) is 0 Å². The van der Waals surface area contributed by atoms with E-state index in [1.807, 2.05) is 24.3 Å². The third kappa shape index (κ3) is 4.71. The highest BCUT2D eigenvalue weighted by Crippen LogP contribution is 2.16. The van der Waals surface area contributed by atoms with E-state index in [0.717, 1.165) is 10.0 Å². The van der Waals surface area contributed by atoms with Crippen molar-refractivity contribution in [1.29, 1.82) is 0 Å². The average Bonchev–Trinajstić information content (AvgIpc) is 2.84. The monoisotopic (exact) mass is 352 g/mol. The van der Waals surface area contributed by atoms with Crippen LogP contribution in [-0.2, 0) is 20.7 Å². The maximum absolute atomic E-state index is 11.7. The fraction of sp³-hybridized carbons (Fsp3) is 0.214. The number of nitrogens with one attached hydrogen (secondary N) is 1. The smallest absolute Gasteiger partial charge is 0.310 e. The summed E-state index contributed by atoms with van der Waals surface area (Å²) in [5, 5.41) is 6.07. The Morgan fingerprint density at radius 2 is 2.14 bits per heavy atom. The number of hydrogen-bond acceptors (Lipinski definition) is 5. The molecule has 2 rings (SSSR count). The molecule has 2 aromatic rings. The number of amides is 1. The first kappa shape index (κ1) is 15.2. The summed E-state index contributed by atoms with van der Waals surface area (Å²) >= 11 is 3.35. The van der Waals surface area contributed by atoms with Gasteiger partial charge >= 0.3 is 5.97 Å². The zero-order valence-corrected chi connectivity index (χ0v) is 12.8. The summed E-state index contributed by atoms with van der Waals surface area (Å²) in [6.07, 6.45) is 0.0950. The van der Waals surface area contributed by atoms with Gasteiger partial charge in [0.05, 0.1) is 6.42 Å². The van der Waals surface area contributed by atoms with Gasteiger partial charge in [0.25, 0.3) is 5.91 Å². The van der Waals surface area contributed by atoms with E-state index in [1.165, 1.54) is 0 Å². The van der Waals surface area contributed by atoms with E-state index in [4.69, 9.17) is 9.26 Å². The molecule has 21 heavy (non-hydrogen) atoms. The van der Waals surface area contributed by atoms with Crippen LogP contribution in [-0.4, -0.2) is 23.6 Å². The second kappa shape index (κ2) is 7.03. The second-order valence-corrected chi connectivity index (χ2v) is 5.15. The van der Waals surface area contributed by atoms with Crippen molar-refractivity contribution >= 4 is 33.6 Å². The summed E-state index contributed by atoms with van der Waals surface area (Å²) in [7, 11) is 0. The number of nitrogens with zero attached hydrogens (tertiary/aromatic N) is 1. The van der Waals surface area contributed by atoms with E-state index in [1.54, 1.807) is 13.0 Å². The first-order chi connectivity index (χ1) is 10.0. The molecule has 0 saturated carbocycles. The van der Waals surface area contributed by atoms with E-state index in [0.29, 0.717) is 11.6 Å². The van der Waals surface area contributed by atoms with E-state index >= 15 is 0 Å². The second-order valence-electron chi connectivity index (χ2n) is 4.30. The maximum Gasteiger partial charge on any atom is 0.310 e. The Kier molecular flexibility index (Phi) is 5.10. The molecule has 1 heterocycles. The van der Waals surface area contributed by atoms with Gasteiger partial charge in [0, 0.05) is 10.5 Å². The number of hydrogen-bond donors (Lipinski definition) is 1. The van der Waals surface area contributed by atoms with Gasteiger partial charge in [-0.05, 0) is 18.6 Å². The Balaban J connectivity index is 1.78. The molecule has 0 aliphatic heterocycles. The zero-order chi connectivity index (χ0) is 15.2. The minimum atomic E-state index is -0.478. The van der Waals surface area contributed by atoms with Crippen LogP contribution in [0, 0.1) is 6.92 Å². The predicted molar refractivity (Wildman–Crippen MR) is 78.7 cm³/mol. The first-order valence-corrected chi connectivity index (χ1v) is 6.96. The summed E-state index contributed by atoms with van der Waals surface area (Å²) in [6, 6.07) is 8.89. The number of carbonyl (C=O) groups excluding carboxylic acids is 2. The van der Waals surface area contributed by atoms with Crippen LogP contribution in [0.2, 0.25) is 0 Å². The molecular weight excluding hydrogens is 340 g/mol. The fourth-order valence-corrected chi connectivity index (χ4v) is 2.02. The van der Waals surface area contributed by atoms with E-state index < -0.39 is 11.9 Å². The summed E-state index contributed by atoms with van der Waals surface area (Å²) in [4.78, 5) is 23.2. The quantitative estimate of drug-likeness (QED) is 0.836. The lowest BCUT2D eigenvalue weighted by atomic mass is 10.2. The topological polar surface area (TPSA) is 81.4 Å². The van der Waals surface area contributed by atoms with Crippen LogP contribution in [0.15, 0.2) is 39.3 Å². The van der Waals surface area contributed by atoms with Gasteiger partial charge in [-0.15, -0.1) is 0 Å². The van der Waals surface area contributed by atoms with Crippen LogP contribution in [0.1, 0.15) is 11.3 Å². The van der Waals surface area contributed by atoms with Crippen LogP contribution in [0.4, 0.5) is 5.82 Å². The summed E-state index contributed by atoms with van der Waals surface area (Å²) in [6.45, 7) is 1.34. The molecule has 0 saturated heterocycles. The lowest BCUT2D eigenvalue weighted by Crippen LogP contribution is -2.21. The van der Waals surface area contributed by atoms with E-state index in [2.05, 4.69) is 26.4 Å². The van der Waals surface area contributed by atoms with Gasteiger partial charge in [-0.1, -0.05) is 39.3 Å². The van der Waals surface area contributed by atoms with Crippen LogP contribution in [0.5, 0.6) is 0 Å². The molecule has 0 atom stereocenters. The zero-order valence-electron chi connectivity index (χ0n) is 11.3. The maximum atomic E-state index is 11.7. The Labute approximate surface area is 129 Å². The van der Waals surface area contributed by atoms with Crippen molar-refractivity contribution in [2.24, 2.45) is 0 Å². The molecule has 7 heteroatoms. The molecular formula is C14H13BrN2O4. The molecule has 1 aromatic carbocycles. The Hall–Kier alpha value is -2.15. The highest BCUT2D eigenvalue weighted by Gasteiger charge is 2.11. The van der Waals surface area contributed by atoms with Gasteiger partial charge in [0.2, 0.25) is 0 Å². The van der Waals surface area contributed by atoms with Crippen molar-refractivity contribution < 1.29 is 18.8 Å². The minimum Gasteiger partial charge on any atom is -0.455 e. The first-order valence-electron chi connectivity index (χ1n) is 6.17. The summed E-state index contributed by atoms with van der Waals surface area (Å²) in [5.74, 6) is -0.0762. The Bertz CT molecular complexity index is 654. The number of aromatic nitrogens is 1. The van der Waals surface area contributed by atoms with Gasteiger partial charge < -0.3 is 14.6 Å². The van der Waals surface area contributed by atoms with Crippen LogP contribution < -0.4 is 5.32 Å². The molecule has 0 bridgehead atoms. The molecule has 1 aromatic heterocycles. The molecule has 0 aliphatic carbocycles. The number of benzene rings is 1. The van der Waals surface area contributed by atoms with Gasteiger partial charge in [-0.2, -0.15) is 0 Å². The summed E-state index contributed by atoms with van der Waals surface area (Å²) in [5.41, 5.74) is 0.801. The molecule has 1 N–H and O–H groups in total. The van der Waals surface area contributed by atoms with Crippen molar-refractivity contribution in [2.75, 3.05) is 11.9 Å². The number of carbonyl (C=O) groups is 2. The van der Waals surface area contributed by atoms with Crippen LogP contribution in [0.3, 0.4) is 0 Å². The predicted octanol–water partition coefficient (Wildman–Crippen LogP) is 2.47. The number of halogens is 1. The minimum absolute atomic E-state index is 0.0950. The lowest BCUT2D eigenvalue weighted by Gasteiger charge is -2.06. The van der Waals surface area contributed by atoms with Gasteiger partial charge in [-0.3, -0.25) is 9.59 Å². The SMILES string of the molecule is Cc1cc(NC(=O)COC(=O)Cc2ccccc2Br)no1. The number of aryl methyl sites for hydroxylation is 1. The van der Waals surface area contributed by atoms with Crippen LogP contribution >= 0.6 is 15.9 Å². The average molecular weight is 353 g/mol. The van der Waals surface area contributed by atoms with E-state index in [-0.39, 0.29) is 13.0 Å². The number of rotatable bonds is 5. The van der Waals surface area contributed by atoms with Gasteiger partial charge in [0.15, 0.2) is 12.4 Å². The number of esters is 1. The third-order valence-corrected chi connectivity index (χ3v) is 3.33. The fourth-order valence-electron chi connectivity index (χ4n) is 1.60. The molecule has 110 valence electrons. The molecule has 0 fully saturated rings. The third-order valence-electron chi connectivity index (χ3n) is 2.55. The van der Waals surface area contributed by atoms with Crippen LogP contribution in [0.25, 0.3) is 0 Å². The van der Waals surface area contributed by atoms with Crippen molar-refractivity contribution in [1.82, 2.24) is 5.16 Å². The molecule has 0 radical (unpaired) electrons. The number of anilines is 1. The highest BCUT2D eigenvalue weighted by molar-refractivity contribution is 9.10. The van der Waals surface area contributed by atoms with Crippen molar-refractivity contribution in [2.45, 2.75) is 13.3 Å². The lowest BCUT2D eigenvalue weighted by molar-refractivity contribution is -0.146. The summed E-state index contributed by atoms with van der Waals surface area (Å²) < 4.78 is 10.5. The molecule has 1 amide bonds. The number of ether oxygens (including phenoxy) is 1. The molecule has 0 unspecified atom stereocenters.